The molecular formula is C21H27N5O. The van der Waals surface area contributed by atoms with E-state index >= 15 is 0 Å². The number of hydrogen-bond donors (Lipinski definition) is 2. The molecule has 142 valence electrons. The second-order valence-electron chi connectivity index (χ2n) is 7.45. The van der Waals surface area contributed by atoms with Gasteiger partial charge < -0.3 is 10.6 Å². The van der Waals surface area contributed by atoms with E-state index in [1.54, 1.807) is 19.4 Å². The minimum Gasteiger partial charge on any atom is -0.357 e. The lowest BCUT2D eigenvalue weighted by Gasteiger charge is -2.36. The lowest BCUT2D eigenvalue weighted by Crippen LogP contribution is -2.41. The van der Waals surface area contributed by atoms with Crippen molar-refractivity contribution in [3.63, 3.8) is 0 Å². The van der Waals surface area contributed by atoms with E-state index in [0.29, 0.717) is 18.1 Å². The summed E-state index contributed by atoms with van der Waals surface area (Å²) in [7, 11) is 1.75. The Balaban J connectivity index is 1.36. The van der Waals surface area contributed by atoms with Gasteiger partial charge >= 0.3 is 0 Å². The summed E-state index contributed by atoms with van der Waals surface area (Å²) in [6.45, 7) is 2.85. The summed E-state index contributed by atoms with van der Waals surface area (Å²) in [5, 5.41) is 5.82. The summed E-state index contributed by atoms with van der Waals surface area (Å²) in [6, 6.07) is 7.46. The first-order valence-electron chi connectivity index (χ1n) is 9.85. The minimum absolute atomic E-state index is 0.149. The summed E-state index contributed by atoms with van der Waals surface area (Å²) in [4.78, 5) is 23.1. The molecule has 6 heteroatoms. The van der Waals surface area contributed by atoms with Crippen LogP contribution in [-0.4, -0.2) is 47.0 Å². The Labute approximate surface area is 160 Å². The van der Waals surface area contributed by atoms with E-state index < -0.39 is 0 Å². The molecular weight excluding hydrogens is 338 g/mol. The van der Waals surface area contributed by atoms with E-state index in [2.05, 4.69) is 43.7 Å². The first-order chi connectivity index (χ1) is 13.2. The van der Waals surface area contributed by atoms with Gasteiger partial charge in [-0.2, -0.15) is 0 Å². The standard InChI is InChI=1S/C21H27N5O/c1-22-21-24-13-18(14-25-21)20(27)23-12-15-5-6-16-7-9-26(19-3-2-4-19)10-8-17(16)11-15/h5-6,11,13-14,19H,2-4,7-10,12H2,1H3,(H,23,27)(H,22,24,25). The van der Waals surface area contributed by atoms with Crippen LogP contribution < -0.4 is 10.6 Å². The van der Waals surface area contributed by atoms with Crippen LogP contribution in [0.3, 0.4) is 0 Å². The first kappa shape index (κ1) is 17.9. The Morgan fingerprint density at radius 2 is 1.89 bits per heavy atom. The van der Waals surface area contributed by atoms with Crippen LogP contribution in [0.2, 0.25) is 0 Å². The smallest absolute Gasteiger partial charge is 0.254 e. The normalized spacial score (nSPS) is 17.5. The number of carbonyl (C=O) groups is 1. The number of hydrogen-bond acceptors (Lipinski definition) is 5. The monoisotopic (exact) mass is 365 g/mol. The number of amides is 1. The zero-order valence-corrected chi connectivity index (χ0v) is 15.9. The van der Waals surface area contributed by atoms with Crippen LogP contribution >= 0.6 is 0 Å². The molecule has 0 spiro atoms. The SMILES string of the molecule is CNc1ncc(C(=O)NCc2ccc3c(c2)CCN(C2CCC2)CC3)cn1. The molecule has 0 radical (unpaired) electrons. The lowest BCUT2D eigenvalue weighted by molar-refractivity contribution is 0.0950. The van der Waals surface area contributed by atoms with Crippen molar-refractivity contribution in [1.82, 2.24) is 20.2 Å². The fraction of sp³-hybridized carbons (Fsp3) is 0.476. The van der Waals surface area contributed by atoms with Gasteiger partial charge in [-0.3, -0.25) is 9.69 Å². The number of aromatic nitrogens is 2. The lowest BCUT2D eigenvalue weighted by atomic mass is 9.91. The highest BCUT2D eigenvalue weighted by atomic mass is 16.1. The molecule has 1 aliphatic heterocycles. The fourth-order valence-corrected chi connectivity index (χ4v) is 3.88. The molecule has 0 saturated heterocycles. The van der Waals surface area contributed by atoms with E-state index in [1.807, 2.05) is 0 Å². The number of nitrogens with one attached hydrogen (secondary N) is 2. The van der Waals surface area contributed by atoms with E-state index in [9.17, 15) is 4.79 Å². The predicted molar refractivity (Wildman–Crippen MR) is 106 cm³/mol. The van der Waals surface area contributed by atoms with Crippen molar-refractivity contribution in [2.45, 2.75) is 44.7 Å². The van der Waals surface area contributed by atoms with Gasteiger partial charge in [0.25, 0.3) is 5.91 Å². The van der Waals surface area contributed by atoms with Crippen molar-refractivity contribution in [1.29, 1.82) is 0 Å². The number of nitrogens with zero attached hydrogens (tertiary/aromatic N) is 3. The van der Waals surface area contributed by atoms with Gasteiger partial charge in [0.2, 0.25) is 5.95 Å². The van der Waals surface area contributed by atoms with Gasteiger partial charge in [-0.1, -0.05) is 24.6 Å². The van der Waals surface area contributed by atoms with Crippen LogP contribution in [0.4, 0.5) is 5.95 Å². The number of benzene rings is 1. The van der Waals surface area contributed by atoms with Gasteiger partial charge in [0.15, 0.2) is 0 Å². The first-order valence-corrected chi connectivity index (χ1v) is 9.85. The topological polar surface area (TPSA) is 70.2 Å². The molecule has 4 rings (SSSR count). The number of rotatable bonds is 5. The minimum atomic E-state index is -0.149. The van der Waals surface area contributed by atoms with Gasteiger partial charge in [0, 0.05) is 45.1 Å². The predicted octanol–water partition coefficient (Wildman–Crippen LogP) is 2.40. The molecule has 2 aliphatic rings. The Bertz CT molecular complexity index is 801. The number of fused-ring (bicyclic) bond motifs is 1. The van der Waals surface area contributed by atoms with Crippen molar-refractivity contribution >= 4 is 11.9 Å². The Hall–Kier alpha value is -2.47. The molecule has 0 unspecified atom stereocenters. The summed E-state index contributed by atoms with van der Waals surface area (Å²) in [6.07, 6.45) is 9.45. The Morgan fingerprint density at radius 3 is 2.56 bits per heavy atom. The third-order valence-corrected chi connectivity index (χ3v) is 5.79. The van der Waals surface area contributed by atoms with Crippen molar-refractivity contribution in [2.75, 3.05) is 25.5 Å². The second-order valence-corrected chi connectivity index (χ2v) is 7.45. The molecule has 6 nitrogen and oxygen atoms in total. The van der Waals surface area contributed by atoms with E-state index in [1.165, 1.54) is 36.9 Å². The molecule has 2 heterocycles. The maximum absolute atomic E-state index is 12.3. The average molecular weight is 365 g/mol. The van der Waals surface area contributed by atoms with Crippen LogP contribution in [-0.2, 0) is 19.4 Å². The summed E-state index contributed by atoms with van der Waals surface area (Å²) in [5.74, 6) is 0.358. The molecule has 27 heavy (non-hydrogen) atoms. The quantitative estimate of drug-likeness (QED) is 0.851. The molecule has 1 aromatic heterocycles. The van der Waals surface area contributed by atoms with Crippen molar-refractivity contribution < 1.29 is 4.79 Å². The molecule has 1 saturated carbocycles. The zero-order valence-electron chi connectivity index (χ0n) is 15.9. The van der Waals surface area contributed by atoms with Crippen molar-refractivity contribution in [3.8, 4) is 0 Å². The van der Waals surface area contributed by atoms with Crippen LogP contribution in [0.1, 0.15) is 46.3 Å². The summed E-state index contributed by atoms with van der Waals surface area (Å²) >= 11 is 0. The van der Waals surface area contributed by atoms with Crippen LogP contribution in [0, 0.1) is 0 Å². The highest BCUT2D eigenvalue weighted by Crippen LogP contribution is 2.27. The largest absolute Gasteiger partial charge is 0.357 e. The van der Waals surface area contributed by atoms with E-state index in [4.69, 9.17) is 0 Å². The van der Waals surface area contributed by atoms with Crippen LogP contribution in [0.15, 0.2) is 30.6 Å². The maximum Gasteiger partial charge on any atom is 0.254 e. The van der Waals surface area contributed by atoms with Crippen LogP contribution in [0.5, 0.6) is 0 Å². The molecule has 1 aromatic carbocycles. The number of anilines is 1. The molecule has 0 bridgehead atoms. The van der Waals surface area contributed by atoms with Crippen LogP contribution in [0.25, 0.3) is 0 Å². The van der Waals surface area contributed by atoms with E-state index in [-0.39, 0.29) is 5.91 Å². The maximum atomic E-state index is 12.3. The third kappa shape index (κ3) is 4.11. The van der Waals surface area contributed by atoms with Gasteiger partial charge in [-0.15, -0.1) is 0 Å². The Kier molecular flexibility index (Phi) is 5.34. The van der Waals surface area contributed by atoms with Gasteiger partial charge in [-0.05, 0) is 42.4 Å². The molecule has 1 fully saturated rings. The van der Waals surface area contributed by atoms with E-state index in [0.717, 1.165) is 31.0 Å². The zero-order chi connectivity index (χ0) is 18.6. The molecule has 2 aromatic rings. The average Bonchev–Trinajstić information content (AvgIpc) is 2.87. The molecule has 1 aliphatic carbocycles. The highest BCUT2D eigenvalue weighted by Gasteiger charge is 2.26. The second kappa shape index (κ2) is 8.05. The van der Waals surface area contributed by atoms with Crippen molar-refractivity contribution in [2.24, 2.45) is 0 Å². The number of carbonyl (C=O) groups excluding carboxylic acids is 1. The molecule has 2 N–H and O–H groups in total. The molecule has 1 amide bonds. The third-order valence-electron chi connectivity index (χ3n) is 5.79. The van der Waals surface area contributed by atoms with Gasteiger partial charge in [0.05, 0.1) is 5.56 Å². The van der Waals surface area contributed by atoms with Gasteiger partial charge in [-0.25, -0.2) is 9.97 Å². The highest BCUT2D eigenvalue weighted by molar-refractivity contribution is 5.93. The van der Waals surface area contributed by atoms with Crippen molar-refractivity contribution in [3.05, 3.63) is 52.8 Å². The molecule has 0 atom stereocenters. The van der Waals surface area contributed by atoms with Gasteiger partial charge in [0.1, 0.15) is 0 Å². The fourth-order valence-electron chi connectivity index (χ4n) is 3.88. The summed E-state index contributed by atoms with van der Waals surface area (Å²) in [5.41, 5.74) is 4.51. The summed E-state index contributed by atoms with van der Waals surface area (Å²) < 4.78 is 0. The Morgan fingerprint density at radius 1 is 1.15 bits per heavy atom.